The van der Waals surface area contributed by atoms with Crippen molar-refractivity contribution in [2.24, 2.45) is 0 Å². The highest BCUT2D eigenvalue weighted by atomic mass is 35.5. The first-order valence-corrected chi connectivity index (χ1v) is 8.81. The van der Waals surface area contributed by atoms with Crippen LogP contribution in [0.25, 0.3) is 5.69 Å². The summed E-state index contributed by atoms with van der Waals surface area (Å²) in [6, 6.07) is 12.4. The third kappa shape index (κ3) is 3.76. The summed E-state index contributed by atoms with van der Waals surface area (Å²) in [5.41, 5.74) is 1.28. The number of halogens is 2. The molecule has 0 atom stereocenters. The maximum absolute atomic E-state index is 12.3. The molecule has 3 aromatic rings. The number of para-hydroxylation sites is 1. The van der Waals surface area contributed by atoms with Crippen LogP contribution >= 0.6 is 34.5 Å². The number of carbonyl (C=O) groups excluding carboxylic acids is 2. The van der Waals surface area contributed by atoms with E-state index >= 15 is 0 Å². The van der Waals surface area contributed by atoms with Crippen LogP contribution in [0.5, 0.6) is 0 Å². The molecule has 0 spiro atoms. The van der Waals surface area contributed by atoms with Gasteiger partial charge in [0.1, 0.15) is 10.7 Å². The molecule has 0 aliphatic carbocycles. The molecule has 0 aliphatic heterocycles. The number of hydrogen-bond acceptors (Lipinski definition) is 5. The van der Waals surface area contributed by atoms with Gasteiger partial charge in [-0.25, -0.2) is 9.48 Å². The number of esters is 1. The van der Waals surface area contributed by atoms with Crippen molar-refractivity contribution in [3.8, 4) is 5.69 Å². The first-order valence-electron chi connectivity index (χ1n) is 7.23. The van der Waals surface area contributed by atoms with Crippen LogP contribution in [-0.4, -0.2) is 28.1 Å². The van der Waals surface area contributed by atoms with Crippen LogP contribution in [0.2, 0.25) is 9.49 Å². The van der Waals surface area contributed by atoms with Gasteiger partial charge >= 0.3 is 5.97 Å². The van der Waals surface area contributed by atoms with E-state index in [4.69, 9.17) is 27.9 Å². The highest BCUT2D eigenvalue weighted by Gasteiger charge is 2.23. The lowest BCUT2D eigenvalue weighted by molar-refractivity contribution is 0.0475. The molecule has 128 valence electrons. The Morgan fingerprint density at radius 2 is 1.88 bits per heavy atom. The molecule has 2 aromatic heterocycles. The van der Waals surface area contributed by atoms with E-state index in [1.54, 1.807) is 19.1 Å². The quantitative estimate of drug-likeness (QED) is 0.468. The van der Waals surface area contributed by atoms with Crippen molar-refractivity contribution in [1.29, 1.82) is 0 Å². The predicted octanol–water partition coefficient (Wildman–Crippen LogP) is 4.59. The normalized spacial score (nSPS) is 10.7. The molecule has 5 nitrogen and oxygen atoms in total. The zero-order chi connectivity index (χ0) is 18.0. The Hall–Kier alpha value is -2.15. The van der Waals surface area contributed by atoms with E-state index in [0.717, 1.165) is 17.0 Å². The number of thiophene rings is 1. The molecule has 8 heteroatoms. The minimum atomic E-state index is -0.694. The van der Waals surface area contributed by atoms with Crippen molar-refractivity contribution in [2.45, 2.75) is 6.92 Å². The van der Waals surface area contributed by atoms with Crippen molar-refractivity contribution >= 4 is 46.3 Å². The molecule has 0 aliphatic rings. The fraction of sp³-hybridized carbons (Fsp3) is 0.118. The van der Waals surface area contributed by atoms with Crippen LogP contribution in [0, 0.1) is 6.92 Å². The molecule has 0 bridgehead atoms. The first-order chi connectivity index (χ1) is 12.0. The largest absolute Gasteiger partial charge is 0.454 e. The molecular formula is C17H12Cl2N2O3S. The summed E-state index contributed by atoms with van der Waals surface area (Å²) in [6.07, 6.45) is 0. The average molecular weight is 395 g/mol. The van der Waals surface area contributed by atoms with E-state index in [2.05, 4.69) is 5.10 Å². The zero-order valence-electron chi connectivity index (χ0n) is 13.0. The van der Waals surface area contributed by atoms with Crippen LogP contribution in [0.1, 0.15) is 25.7 Å². The number of nitrogens with zero attached hydrogens (tertiary/aromatic N) is 2. The van der Waals surface area contributed by atoms with Crippen LogP contribution in [-0.2, 0) is 4.74 Å². The van der Waals surface area contributed by atoms with Gasteiger partial charge in [-0.15, -0.1) is 11.3 Å². The summed E-state index contributed by atoms with van der Waals surface area (Å²) in [5.74, 6) is -1.02. The molecular weight excluding hydrogens is 383 g/mol. The second-order valence-electron chi connectivity index (χ2n) is 5.10. The van der Waals surface area contributed by atoms with Gasteiger partial charge in [-0.1, -0.05) is 41.4 Å². The third-order valence-corrected chi connectivity index (χ3v) is 5.01. The van der Waals surface area contributed by atoms with E-state index < -0.39 is 5.97 Å². The number of rotatable bonds is 5. The van der Waals surface area contributed by atoms with Crippen molar-refractivity contribution in [3.63, 3.8) is 0 Å². The highest BCUT2D eigenvalue weighted by molar-refractivity contribution is 7.18. The number of benzene rings is 1. The van der Waals surface area contributed by atoms with Gasteiger partial charge in [0.15, 0.2) is 6.61 Å². The van der Waals surface area contributed by atoms with Crippen LogP contribution in [0.4, 0.5) is 0 Å². The Bertz CT molecular complexity index is 935. The lowest BCUT2D eigenvalue weighted by atomic mass is 10.2. The van der Waals surface area contributed by atoms with Gasteiger partial charge in [-0.05, 0) is 31.2 Å². The number of carbonyl (C=O) groups is 2. The number of aromatic nitrogens is 2. The van der Waals surface area contributed by atoms with E-state index in [-0.39, 0.29) is 23.1 Å². The van der Waals surface area contributed by atoms with Crippen molar-refractivity contribution in [3.05, 3.63) is 68.1 Å². The van der Waals surface area contributed by atoms with E-state index in [1.165, 1.54) is 4.68 Å². The monoisotopic (exact) mass is 394 g/mol. The minimum absolute atomic E-state index is 0.139. The number of Topliss-reactive ketones (excluding diaryl/α,β-unsaturated/α-hetero) is 1. The van der Waals surface area contributed by atoms with Gasteiger partial charge < -0.3 is 4.74 Å². The molecule has 0 saturated heterocycles. The van der Waals surface area contributed by atoms with Gasteiger partial charge in [-0.2, -0.15) is 5.10 Å². The molecule has 25 heavy (non-hydrogen) atoms. The number of aryl methyl sites for hydroxylation is 1. The van der Waals surface area contributed by atoms with E-state index in [1.807, 2.05) is 30.3 Å². The van der Waals surface area contributed by atoms with Crippen LogP contribution in [0.3, 0.4) is 0 Å². The first kappa shape index (κ1) is 17.7. The molecule has 0 amide bonds. The standard InChI is InChI=1S/C17H12Cl2N2O3S/c1-10-15(16(19)21(20-10)11-5-3-2-4-6-11)17(23)24-9-12(22)13-7-8-14(18)25-13/h2-8H,9H2,1H3. The number of hydrogen-bond donors (Lipinski definition) is 0. The molecule has 2 heterocycles. The van der Waals surface area contributed by atoms with Gasteiger partial charge in [0.05, 0.1) is 20.6 Å². The molecule has 0 fully saturated rings. The van der Waals surface area contributed by atoms with Crippen molar-refractivity contribution in [2.75, 3.05) is 6.61 Å². The minimum Gasteiger partial charge on any atom is -0.454 e. The Morgan fingerprint density at radius 1 is 1.16 bits per heavy atom. The molecule has 0 radical (unpaired) electrons. The molecule has 3 rings (SSSR count). The summed E-state index contributed by atoms with van der Waals surface area (Å²) < 4.78 is 7.05. The zero-order valence-corrected chi connectivity index (χ0v) is 15.4. The second-order valence-corrected chi connectivity index (χ2v) is 7.17. The molecule has 0 unspecified atom stereocenters. The Labute approximate surface area is 157 Å². The fourth-order valence-corrected chi connectivity index (χ4v) is 3.53. The molecule has 0 saturated carbocycles. The van der Waals surface area contributed by atoms with E-state index in [0.29, 0.717) is 14.9 Å². The highest BCUT2D eigenvalue weighted by Crippen LogP contribution is 2.25. The van der Waals surface area contributed by atoms with Gasteiger partial charge in [0.25, 0.3) is 0 Å². The maximum atomic E-state index is 12.3. The SMILES string of the molecule is Cc1nn(-c2ccccc2)c(Cl)c1C(=O)OCC(=O)c1ccc(Cl)s1. The lowest BCUT2D eigenvalue weighted by Gasteiger charge is -2.04. The topological polar surface area (TPSA) is 61.2 Å². The van der Waals surface area contributed by atoms with Crippen LogP contribution in [0.15, 0.2) is 42.5 Å². The summed E-state index contributed by atoms with van der Waals surface area (Å²) >= 11 is 13.2. The van der Waals surface area contributed by atoms with Gasteiger partial charge in [0, 0.05) is 0 Å². The van der Waals surface area contributed by atoms with E-state index in [9.17, 15) is 9.59 Å². The van der Waals surface area contributed by atoms with Crippen molar-refractivity contribution < 1.29 is 14.3 Å². The maximum Gasteiger partial charge on any atom is 0.343 e. The Balaban J connectivity index is 1.76. The summed E-state index contributed by atoms with van der Waals surface area (Å²) in [5, 5.41) is 4.41. The van der Waals surface area contributed by atoms with Gasteiger partial charge in [-0.3, -0.25) is 4.79 Å². The second kappa shape index (κ2) is 7.39. The summed E-state index contributed by atoms with van der Waals surface area (Å²) in [6.45, 7) is 1.27. The molecule has 0 N–H and O–H groups in total. The smallest absolute Gasteiger partial charge is 0.343 e. The Morgan fingerprint density at radius 3 is 2.52 bits per heavy atom. The van der Waals surface area contributed by atoms with Crippen LogP contribution < -0.4 is 0 Å². The van der Waals surface area contributed by atoms with Crippen molar-refractivity contribution in [1.82, 2.24) is 9.78 Å². The third-order valence-electron chi connectivity index (χ3n) is 3.39. The summed E-state index contributed by atoms with van der Waals surface area (Å²) in [4.78, 5) is 24.8. The van der Waals surface area contributed by atoms with Gasteiger partial charge in [0.2, 0.25) is 5.78 Å². The predicted molar refractivity (Wildman–Crippen MR) is 97.3 cm³/mol. The fourth-order valence-electron chi connectivity index (χ4n) is 2.21. The summed E-state index contributed by atoms with van der Waals surface area (Å²) in [7, 11) is 0. The average Bonchev–Trinajstić information content (AvgIpc) is 3.16. The lowest BCUT2D eigenvalue weighted by Crippen LogP contribution is -2.14. The number of ether oxygens (including phenoxy) is 1. The Kier molecular flexibility index (Phi) is 5.22. The number of ketones is 1. The molecule has 1 aromatic carbocycles.